The minimum atomic E-state index is -0.602. The van der Waals surface area contributed by atoms with Gasteiger partial charge in [-0.2, -0.15) is 0 Å². The van der Waals surface area contributed by atoms with E-state index in [1.54, 1.807) is 4.90 Å². The van der Waals surface area contributed by atoms with E-state index in [9.17, 15) is 14.4 Å². The van der Waals surface area contributed by atoms with Gasteiger partial charge in [0.2, 0.25) is 11.8 Å². The normalized spacial score (nSPS) is 19.2. The van der Waals surface area contributed by atoms with Gasteiger partial charge in [0.1, 0.15) is 6.04 Å². The van der Waals surface area contributed by atoms with Gasteiger partial charge in [-0.25, -0.2) is 4.98 Å². The SMILES string of the molecule is NCc1csc(NCc2cccc3c2C(=O)N(C2CCC(=O)NC2=O)C3)n1. The van der Waals surface area contributed by atoms with Gasteiger partial charge in [-0.1, -0.05) is 18.2 Å². The first-order chi connectivity index (χ1) is 13.1. The molecule has 2 aliphatic heterocycles. The largest absolute Gasteiger partial charge is 0.357 e. The lowest BCUT2D eigenvalue weighted by Gasteiger charge is -2.29. The standard InChI is InChI=1S/C18H19N5O3S/c19-6-12-9-27-18(21-12)20-7-10-2-1-3-11-8-23(17(26)15(10)11)13-4-5-14(24)22-16(13)25/h1-3,9,13H,4-8,19H2,(H,20,21)(H,22,24,25). The third-order valence-electron chi connectivity index (χ3n) is 4.83. The summed E-state index contributed by atoms with van der Waals surface area (Å²) < 4.78 is 0. The van der Waals surface area contributed by atoms with Crippen molar-refractivity contribution in [1.29, 1.82) is 0 Å². The molecule has 140 valence electrons. The Kier molecular flexibility index (Phi) is 4.63. The number of fused-ring (bicyclic) bond motifs is 1. The summed E-state index contributed by atoms with van der Waals surface area (Å²) in [5, 5.41) is 8.20. The molecule has 1 aromatic carbocycles. The van der Waals surface area contributed by atoms with E-state index >= 15 is 0 Å². The van der Waals surface area contributed by atoms with Crippen LogP contribution in [0.2, 0.25) is 0 Å². The minimum Gasteiger partial charge on any atom is -0.357 e. The molecule has 0 spiro atoms. The van der Waals surface area contributed by atoms with Crippen LogP contribution in [0.4, 0.5) is 5.13 Å². The van der Waals surface area contributed by atoms with Crippen LogP contribution in [0, 0.1) is 0 Å². The number of carbonyl (C=O) groups excluding carboxylic acids is 3. The fourth-order valence-electron chi connectivity index (χ4n) is 3.49. The number of imide groups is 1. The monoisotopic (exact) mass is 385 g/mol. The molecule has 0 saturated carbocycles. The van der Waals surface area contributed by atoms with Crippen molar-refractivity contribution in [2.45, 2.75) is 38.5 Å². The average Bonchev–Trinajstić information content (AvgIpc) is 3.25. The Labute approximate surface area is 159 Å². The number of piperidine rings is 1. The molecule has 0 radical (unpaired) electrons. The van der Waals surface area contributed by atoms with Crippen LogP contribution in [0.5, 0.6) is 0 Å². The highest BCUT2D eigenvalue weighted by molar-refractivity contribution is 7.13. The lowest BCUT2D eigenvalue weighted by Crippen LogP contribution is -2.52. The van der Waals surface area contributed by atoms with E-state index in [-0.39, 0.29) is 18.2 Å². The van der Waals surface area contributed by atoms with Crippen molar-refractivity contribution in [3.63, 3.8) is 0 Å². The van der Waals surface area contributed by atoms with Gasteiger partial charge < -0.3 is 16.0 Å². The van der Waals surface area contributed by atoms with Crippen LogP contribution >= 0.6 is 11.3 Å². The van der Waals surface area contributed by atoms with E-state index in [0.29, 0.717) is 31.6 Å². The van der Waals surface area contributed by atoms with Gasteiger partial charge in [-0.05, 0) is 17.5 Å². The Balaban J connectivity index is 1.52. The molecule has 0 aliphatic carbocycles. The molecule has 0 bridgehead atoms. The van der Waals surface area contributed by atoms with Crippen molar-refractivity contribution in [1.82, 2.24) is 15.2 Å². The first-order valence-electron chi connectivity index (χ1n) is 8.70. The lowest BCUT2D eigenvalue weighted by molar-refractivity contribution is -0.136. The zero-order chi connectivity index (χ0) is 19.0. The first kappa shape index (κ1) is 17.6. The predicted molar refractivity (Wildman–Crippen MR) is 99.8 cm³/mol. The molecule has 3 heterocycles. The van der Waals surface area contributed by atoms with Crippen molar-refractivity contribution in [2.24, 2.45) is 5.73 Å². The summed E-state index contributed by atoms with van der Waals surface area (Å²) in [6.07, 6.45) is 0.609. The zero-order valence-electron chi connectivity index (χ0n) is 14.5. The molecular formula is C18H19N5O3S. The summed E-state index contributed by atoms with van der Waals surface area (Å²) in [7, 11) is 0. The highest BCUT2D eigenvalue weighted by atomic mass is 32.1. The maximum absolute atomic E-state index is 13.0. The Morgan fingerprint density at radius 2 is 2.19 bits per heavy atom. The maximum atomic E-state index is 13.0. The van der Waals surface area contributed by atoms with Crippen molar-refractivity contribution in [3.8, 4) is 0 Å². The van der Waals surface area contributed by atoms with E-state index in [2.05, 4.69) is 15.6 Å². The number of nitrogens with zero attached hydrogens (tertiary/aromatic N) is 2. The quantitative estimate of drug-likeness (QED) is 0.661. The summed E-state index contributed by atoms with van der Waals surface area (Å²) in [6.45, 7) is 1.22. The average molecular weight is 385 g/mol. The highest BCUT2D eigenvalue weighted by Gasteiger charge is 2.39. The van der Waals surface area contributed by atoms with Gasteiger partial charge >= 0.3 is 0 Å². The van der Waals surface area contributed by atoms with Crippen LogP contribution in [0.1, 0.15) is 40.0 Å². The van der Waals surface area contributed by atoms with Crippen molar-refractivity contribution in [2.75, 3.05) is 5.32 Å². The summed E-state index contributed by atoms with van der Waals surface area (Å²) in [5.74, 6) is -0.853. The molecule has 2 aliphatic rings. The van der Waals surface area contributed by atoms with Gasteiger partial charge in [0.15, 0.2) is 5.13 Å². The fourth-order valence-corrected chi connectivity index (χ4v) is 4.21. The highest BCUT2D eigenvalue weighted by Crippen LogP contribution is 2.30. The minimum absolute atomic E-state index is 0.168. The predicted octanol–water partition coefficient (Wildman–Crippen LogP) is 0.975. The number of benzene rings is 1. The summed E-state index contributed by atoms with van der Waals surface area (Å²) in [5.41, 5.74) is 8.78. The van der Waals surface area contributed by atoms with Crippen molar-refractivity contribution < 1.29 is 14.4 Å². The Morgan fingerprint density at radius 3 is 2.93 bits per heavy atom. The number of aromatic nitrogens is 1. The number of hydrogen-bond acceptors (Lipinski definition) is 7. The van der Waals surface area contributed by atoms with Gasteiger partial charge in [0.05, 0.1) is 5.69 Å². The Hall–Kier alpha value is -2.78. The Bertz CT molecular complexity index is 925. The number of nitrogens with two attached hydrogens (primary N) is 1. The van der Waals surface area contributed by atoms with Crippen LogP contribution in [-0.2, 0) is 29.2 Å². The smallest absolute Gasteiger partial charge is 0.255 e. The second-order valence-corrected chi connectivity index (χ2v) is 7.41. The first-order valence-corrected chi connectivity index (χ1v) is 9.58. The number of anilines is 1. The van der Waals surface area contributed by atoms with Crippen LogP contribution in [0.25, 0.3) is 0 Å². The van der Waals surface area contributed by atoms with E-state index in [1.807, 2.05) is 23.6 Å². The number of rotatable bonds is 5. The number of hydrogen-bond donors (Lipinski definition) is 3. The maximum Gasteiger partial charge on any atom is 0.255 e. The number of thiazole rings is 1. The molecule has 1 fully saturated rings. The number of nitrogens with one attached hydrogen (secondary N) is 2. The Morgan fingerprint density at radius 1 is 1.33 bits per heavy atom. The summed E-state index contributed by atoms with van der Waals surface area (Å²) in [6, 6.07) is 5.10. The zero-order valence-corrected chi connectivity index (χ0v) is 15.3. The third kappa shape index (κ3) is 3.31. The second-order valence-electron chi connectivity index (χ2n) is 6.55. The summed E-state index contributed by atoms with van der Waals surface area (Å²) >= 11 is 1.47. The van der Waals surface area contributed by atoms with Crippen LogP contribution in [0.3, 0.4) is 0 Å². The van der Waals surface area contributed by atoms with E-state index in [1.165, 1.54) is 11.3 Å². The van der Waals surface area contributed by atoms with Crippen LogP contribution < -0.4 is 16.4 Å². The van der Waals surface area contributed by atoms with Crippen LogP contribution in [0.15, 0.2) is 23.6 Å². The molecule has 9 heteroatoms. The van der Waals surface area contributed by atoms with Gasteiger partial charge in [0.25, 0.3) is 5.91 Å². The topological polar surface area (TPSA) is 117 Å². The van der Waals surface area contributed by atoms with Gasteiger partial charge in [-0.3, -0.25) is 19.7 Å². The third-order valence-corrected chi connectivity index (χ3v) is 5.68. The molecule has 4 rings (SSSR count). The molecule has 2 aromatic rings. The molecule has 1 unspecified atom stereocenters. The van der Waals surface area contributed by atoms with Crippen molar-refractivity contribution >= 4 is 34.2 Å². The summed E-state index contributed by atoms with van der Waals surface area (Å²) in [4.78, 5) is 42.5. The molecule has 3 amide bonds. The number of carbonyl (C=O) groups is 3. The van der Waals surface area contributed by atoms with E-state index in [0.717, 1.165) is 22.0 Å². The molecule has 1 aromatic heterocycles. The second kappa shape index (κ2) is 7.09. The van der Waals surface area contributed by atoms with E-state index in [4.69, 9.17) is 5.73 Å². The van der Waals surface area contributed by atoms with Crippen molar-refractivity contribution in [3.05, 3.63) is 46.0 Å². The van der Waals surface area contributed by atoms with E-state index < -0.39 is 11.9 Å². The molecule has 1 saturated heterocycles. The molecule has 8 nitrogen and oxygen atoms in total. The van der Waals surface area contributed by atoms with Crippen LogP contribution in [-0.4, -0.2) is 33.6 Å². The molecule has 4 N–H and O–H groups in total. The molecule has 27 heavy (non-hydrogen) atoms. The molecular weight excluding hydrogens is 366 g/mol. The number of amides is 3. The fraction of sp³-hybridized carbons (Fsp3) is 0.333. The van der Waals surface area contributed by atoms with Gasteiger partial charge in [-0.15, -0.1) is 11.3 Å². The van der Waals surface area contributed by atoms with Gasteiger partial charge in [0, 0.05) is 37.0 Å². The molecule has 1 atom stereocenters. The lowest BCUT2D eigenvalue weighted by atomic mass is 10.0.